The van der Waals surface area contributed by atoms with E-state index in [2.05, 4.69) is 19.7 Å². The standard InChI is InChI=1S/C24H27Cl3O9/c1-4-31-13-19(10-25)34-22(28)16-7-17(23(29)35-20(11-26)14-32-5-2)9-18(8-16)24(30)36-21(12-27)15-33-6-3/h4-9,19-21H,1-3,10-15H2. The summed E-state index contributed by atoms with van der Waals surface area (Å²) in [6, 6.07) is 3.59. The molecule has 3 unspecified atom stereocenters. The summed E-state index contributed by atoms with van der Waals surface area (Å²) in [5.74, 6) is -2.83. The van der Waals surface area contributed by atoms with E-state index in [9.17, 15) is 14.4 Å². The molecular weight excluding hydrogens is 539 g/mol. The van der Waals surface area contributed by atoms with Crippen molar-refractivity contribution in [3.8, 4) is 0 Å². The number of carbonyl (C=O) groups is 3. The molecule has 0 bridgehead atoms. The lowest BCUT2D eigenvalue weighted by atomic mass is 10.1. The van der Waals surface area contributed by atoms with Crippen LogP contribution in [0.1, 0.15) is 31.1 Å². The van der Waals surface area contributed by atoms with Crippen molar-refractivity contribution in [3.63, 3.8) is 0 Å². The van der Waals surface area contributed by atoms with Gasteiger partial charge >= 0.3 is 17.9 Å². The highest BCUT2D eigenvalue weighted by Gasteiger charge is 2.24. The third-order valence-electron chi connectivity index (χ3n) is 4.18. The number of ether oxygens (including phenoxy) is 6. The topological polar surface area (TPSA) is 107 Å². The van der Waals surface area contributed by atoms with E-state index in [0.29, 0.717) is 0 Å². The average Bonchev–Trinajstić information content (AvgIpc) is 2.90. The van der Waals surface area contributed by atoms with Crippen molar-refractivity contribution in [2.75, 3.05) is 37.5 Å². The number of hydrogen-bond donors (Lipinski definition) is 0. The fourth-order valence-electron chi connectivity index (χ4n) is 2.50. The minimum atomic E-state index is -0.871. The minimum Gasteiger partial charge on any atom is -0.498 e. The van der Waals surface area contributed by atoms with Crippen LogP contribution in [0.15, 0.2) is 56.7 Å². The molecule has 1 aromatic carbocycles. The number of esters is 3. The zero-order valence-electron chi connectivity index (χ0n) is 19.4. The third kappa shape index (κ3) is 10.8. The molecule has 0 aliphatic rings. The summed E-state index contributed by atoms with van der Waals surface area (Å²) >= 11 is 17.5. The SMILES string of the molecule is C=COCC(CCl)OC(=O)c1cc(C(=O)OC(CCl)COC=C)cc(C(=O)OC(CCl)COC=C)c1. The van der Waals surface area contributed by atoms with Gasteiger partial charge in [-0.1, -0.05) is 19.7 Å². The highest BCUT2D eigenvalue weighted by molar-refractivity contribution is 6.18. The molecule has 0 heterocycles. The van der Waals surface area contributed by atoms with Crippen molar-refractivity contribution in [2.24, 2.45) is 0 Å². The molecule has 9 nitrogen and oxygen atoms in total. The first-order chi connectivity index (χ1) is 17.3. The largest absolute Gasteiger partial charge is 0.498 e. The van der Waals surface area contributed by atoms with Crippen LogP contribution in [0.4, 0.5) is 0 Å². The van der Waals surface area contributed by atoms with Crippen molar-refractivity contribution in [3.05, 3.63) is 73.4 Å². The molecule has 0 aliphatic carbocycles. The lowest BCUT2D eigenvalue weighted by Gasteiger charge is -2.18. The van der Waals surface area contributed by atoms with Crippen molar-refractivity contribution < 1.29 is 42.8 Å². The van der Waals surface area contributed by atoms with Gasteiger partial charge < -0.3 is 28.4 Å². The first-order valence-corrected chi connectivity index (χ1v) is 12.1. The van der Waals surface area contributed by atoms with Crippen LogP contribution >= 0.6 is 34.8 Å². The maximum Gasteiger partial charge on any atom is 0.338 e. The minimum absolute atomic E-state index is 0.0449. The van der Waals surface area contributed by atoms with Gasteiger partial charge in [0.15, 0.2) is 0 Å². The Morgan fingerprint density at radius 3 is 1.06 bits per heavy atom. The Bertz CT molecular complexity index is 780. The molecule has 0 saturated carbocycles. The molecular formula is C24H27Cl3O9. The van der Waals surface area contributed by atoms with Gasteiger partial charge in [0.05, 0.1) is 53.1 Å². The average molecular weight is 566 g/mol. The van der Waals surface area contributed by atoms with Gasteiger partial charge in [-0.3, -0.25) is 0 Å². The van der Waals surface area contributed by atoms with E-state index in [1.54, 1.807) is 0 Å². The second kappa shape index (κ2) is 17.5. The third-order valence-corrected chi connectivity index (χ3v) is 5.21. The van der Waals surface area contributed by atoms with Crippen LogP contribution < -0.4 is 0 Å². The molecule has 3 atom stereocenters. The first-order valence-electron chi connectivity index (χ1n) is 10.5. The molecule has 0 fully saturated rings. The Morgan fingerprint density at radius 1 is 0.611 bits per heavy atom. The summed E-state index contributed by atoms with van der Waals surface area (Å²) < 4.78 is 31.0. The Labute approximate surface area is 224 Å². The zero-order valence-corrected chi connectivity index (χ0v) is 21.6. The number of rotatable bonds is 18. The number of halogens is 3. The van der Waals surface area contributed by atoms with Crippen molar-refractivity contribution in [1.82, 2.24) is 0 Å². The molecule has 0 amide bonds. The number of benzene rings is 1. The normalized spacial score (nSPS) is 12.8. The van der Waals surface area contributed by atoms with Crippen LogP contribution in [0.5, 0.6) is 0 Å². The highest BCUT2D eigenvalue weighted by atomic mass is 35.5. The number of alkyl halides is 3. The number of carbonyl (C=O) groups excluding carboxylic acids is 3. The zero-order chi connectivity index (χ0) is 26.9. The first kappa shape index (κ1) is 31.2. The maximum absolute atomic E-state index is 12.8. The van der Waals surface area contributed by atoms with E-state index in [-0.39, 0.29) is 54.2 Å². The Morgan fingerprint density at radius 2 is 0.861 bits per heavy atom. The van der Waals surface area contributed by atoms with Gasteiger partial charge in [-0.15, -0.1) is 34.8 Å². The van der Waals surface area contributed by atoms with Crippen LogP contribution in [-0.2, 0) is 28.4 Å². The van der Waals surface area contributed by atoms with E-state index in [1.165, 1.54) is 37.0 Å². The van der Waals surface area contributed by atoms with E-state index in [1.807, 2.05) is 0 Å². The van der Waals surface area contributed by atoms with Gasteiger partial charge in [0.2, 0.25) is 0 Å². The molecule has 0 radical (unpaired) electrons. The van der Waals surface area contributed by atoms with Gasteiger partial charge in [-0.2, -0.15) is 0 Å². The van der Waals surface area contributed by atoms with Crippen molar-refractivity contribution in [2.45, 2.75) is 18.3 Å². The summed E-state index contributed by atoms with van der Waals surface area (Å²) in [6.45, 7) is 10.1. The predicted molar refractivity (Wildman–Crippen MR) is 135 cm³/mol. The van der Waals surface area contributed by atoms with E-state index in [0.717, 1.165) is 0 Å². The predicted octanol–water partition coefficient (Wildman–Crippen LogP) is 4.46. The molecule has 0 N–H and O–H groups in total. The molecule has 0 aliphatic heterocycles. The van der Waals surface area contributed by atoms with Gasteiger partial charge in [-0.05, 0) is 18.2 Å². The molecule has 0 saturated heterocycles. The van der Waals surface area contributed by atoms with Crippen molar-refractivity contribution in [1.29, 1.82) is 0 Å². The molecule has 1 rings (SSSR count). The second-order valence-electron chi connectivity index (χ2n) is 6.84. The fourth-order valence-corrected chi connectivity index (χ4v) is 2.95. The molecule has 1 aromatic rings. The van der Waals surface area contributed by atoms with E-state index < -0.39 is 36.2 Å². The van der Waals surface area contributed by atoms with Gasteiger partial charge in [-0.25, -0.2) is 14.4 Å². The van der Waals surface area contributed by atoms with E-state index in [4.69, 9.17) is 63.2 Å². The summed E-state index contributed by atoms with van der Waals surface area (Å²) in [5.41, 5.74) is -0.418. The lowest BCUT2D eigenvalue weighted by molar-refractivity contribution is 0.0178. The Kier molecular flexibility index (Phi) is 15.2. The van der Waals surface area contributed by atoms with E-state index >= 15 is 0 Å². The van der Waals surface area contributed by atoms with Crippen LogP contribution in [0.25, 0.3) is 0 Å². The second-order valence-corrected chi connectivity index (χ2v) is 7.77. The molecule has 36 heavy (non-hydrogen) atoms. The monoisotopic (exact) mass is 564 g/mol. The summed E-state index contributed by atoms with van der Waals surface area (Å²) in [5, 5.41) is 0. The highest BCUT2D eigenvalue weighted by Crippen LogP contribution is 2.17. The summed E-state index contributed by atoms with van der Waals surface area (Å²) in [4.78, 5) is 38.4. The fraction of sp³-hybridized carbons (Fsp3) is 0.375. The maximum atomic E-state index is 12.8. The molecule has 0 spiro atoms. The lowest BCUT2D eigenvalue weighted by Crippen LogP contribution is -2.27. The van der Waals surface area contributed by atoms with Gasteiger partial charge in [0.25, 0.3) is 0 Å². The smallest absolute Gasteiger partial charge is 0.338 e. The van der Waals surface area contributed by atoms with Crippen LogP contribution in [-0.4, -0.2) is 73.7 Å². The molecule has 0 aromatic heterocycles. The van der Waals surface area contributed by atoms with Crippen molar-refractivity contribution >= 4 is 52.7 Å². The van der Waals surface area contributed by atoms with Gasteiger partial charge in [0, 0.05) is 0 Å². The molecule has 198 valence electrons. The Hall–Kier alpha value is -2.88. The summed E-state index contributed by atoms with van der Waals surface area (Å²) in [7, 11) is 0. The molecule has 12 heteroatoms. The van der Waals surface area contributed by atoms with Crippen LogP contribution in [0, 0.1) is 0 Å². The van der Waals surface area contributed by atoms with Crippen LogP contribution in [0.3, 0.4) is 0 Å². The summed E-state index contributed by atoms with van der Waals surface area (Å²) in [6.07, 6.45) is 1.05. The number of hydrogen-bond acceptors (Lipinski definition) is 9. The van der Waals surface area contributed by atoms with Crippen LogP contribution in [0.2, 0.25) is 0 Å². The van der Waals surface area contributed by atoms with Gasteiger partial charge in [0.1, 0.15) is 38.1 Å². The quantitative estimate of drug-likeness (QED) is 0.110. The Balaban J connectivity index is 3.28.